The number of anilines is 1. The first-order valence-corrected chi connectivity index (χ1v) is 8.07. The third-order valence-corrected chi connectivity index (χ3v) is 4.70. The lowest BCUT2D eigenvalue weighted by Crippen LogP contribution is -2.20. The van der Waals surface area contributed by atoms with E-state index in [9.17, 15) is 4.79 Å². The molecule has 1 fully saturated rings. The number of ether oxygens (including phenoxy) is 1. The highest BCUT2D eigenvalue weighted by atomic mass is 35.5. The summed E-state index contributed by atoms with van der Waals surface area (Å²) in [5.41, 5.74) is 0.705. The molecule has 1 aliphatic rings. The maximum atomic E-state index is 12.0. The zero-order chi connectivity index (χ0) is 14.7. The van der Waals surface area contributed by atoms with E-state index in [0.717, 1.165) is 32.6 Å². The van der Waals surface area contributed by atoms with Crippen LogP contribution in [0.5, 0.6) is 0 Å². The van der Waals surface area contributed by atoms with Crippen LogP contribution in [0.4, 0.5) is 5.69 Å². The van der Waals surface area contributed by atoms with E-state index in [2.05, 4.69) is 10.4 Å². The molecule has 1 amide bonds. The number of carbonyl (C=O) groups is 1. The largest absolute Gasteiger partial charge is 0.381 e. The van der Waals surface area contributed by atoms with Crippen molar-refractivity contribution in [2.24, 2.45) is 5.92 Å². The van der Waals surface area contributed by atoms with E-state index < -0.39 is 0 Å². The van der Waals surface area contributed by atoms with Crippen molar-refractivity contribution in [3.8, 4) is 0 Å². The highest BCUT2D eigenvalue weighted by molar-refractivity contribution is 7.18. The molecule has 2 aromatic rings. The molecule has 1 saturated heterocycles. The molecular weight excluding hydrogens is 310 g/mol. The predicted molar refractivity (Wildman–Crippen MR) is 83.1 cm³/mol. The van der Waals surface area contributed by atoms with Crippen molar-refractivity contribution < 1.29 is 9.53 Å². The summed E-state index contributed by atoms with van der Waals surface area (Å²) in [6.45, 7) is 2.52. The number of nitrogens with one attached hydrogen (secondary N) is 1. The SMILES string of the molecule is O=C(Nc1cnn(CC2CCOCC2)c1)c1ccc(Cl)s1. The number of halogens is 1. The van der Waals surface area contributed by atoms with Crippen LogP contribution in [-0.4, -0.2) is 28.9 Å². The van der Waals surface area contributed by atoms with Gasteiger partial charge >= 0.3 is 0 Å². The van der Waals surface area contributed by atoms with Crippen molar-refractivity contribution in [2.75, 3.05) is 18.5 Å². The normalized spacial score (nSPS) is 16.0. The Labute approximate surface area is 131 Å². The Kier molecular flexibility index (Phi) is 4.57. The van der Waals surface area contributed by atoms with Gasteiger partial charge in [-0.2, -0.15) is 5.10 Å². The average molecular weight is 326 g/mol. The molecule has 1 aliphatic heterocycles. The molecule has 0 radical (unpaired) electrons. The Morgan fingerprint density at radius 1 is 1.48 bits per heavy atom. The summed E-state index contributed by atoms with van der Waals surface area (Å²) in [7, 11) is 0. The van der Waals surface area contributed by atoms with Crippen LogP contribution in [0.3, 0.4) is 0 Å². The number of hydrogen-bond donors (Lipinski definition) is 1. The minimum absolute atomic E-state index is 0.155. The first-order chi connectivity index (χ1) is 10.2. The van der Waals surface area contributed by atoms with Crippen molar-refractivity contribution in [2.45, 2.75) is 19.4 Å². The smallest absolute Gasteiger partial charge is 0.265 e. The lowest BCUT2D eigenvalue weighted by molar-refractivity contribution is 0.0601. The third-order valence-electron chi connectivity index (χ3n) is 3.47. The predicted octanol–water partition coefficient (Wildman–Crippen LogP) is 3.28. The summed E-state index contributed by atoms with van der Waals surface area (Å²) < 4.78 is 7.84. The van der Waals surface area contributed by atoms with Crippen LogP contribution in [0.2, 0.25) is 4.34 Å². The van der Waals surface area contributed by atoms with Crippen LogP contribution >= 0.6 is 22.9 Å². The Morgan fingerprint density at radius 3 is 3.00 bits per heavy atom. The molecule has 2 aromatic heterocycles. The van der Waals surface area contributed by atoms with Gasteiger partial charge in [0.05, 0.1) is 21.1 Å². The van der Waals surface area contributed by atoms with Gasteiger partial charge in [-0.1, -0.05) is 11.6 Å². The number of aromatic nitrogens is 2. The van der Waals surface area contributed by atoms with Crippen molar-refractivity contribution in [1.82, 2.24) is 9.78 Å². The van der Waals surface area contributed by atoms with Crippen molar-refractivity contribution >= 4 is 34.5 Å². The number of amides is 1. The van der Waals surface area contributed by atoms with Gasteiger partial charge in [-0.3, -0.25) is 9.48 Å². The molecule has 21 heavy (non-hydrogen) atoms. The quantitative estimate of drug-likeness (QED) is 0.938. The first-order valence-electron chi connectivity index (χ1n) is 6.87. The van der Waals surface area contributed by atoms with Crippen LogP contribution in [0, 0.1) is 5.92 Å². The maximum Gasteiger partial charge on any atom is 0.265 e. The Morgan fingerprint density at radius 2 is 2.29 bits per heavy atom. The van der Waals surface area contributed by atoms with Crippen LogP contribution in [0.25, 0.3) is 0 Å². The van der Waals surface area contributed by atoms with E-state index in [1.54, 1.807) is 18.3 Å². The van der Waals surface area contributed by atoms with Crippen LogP contribution in [-0.2, 0) is 11.3 Å². The molecule has 0 saturated carbocycles. The average Bonchev–Trinajstić information content (AvgIpc) is 3.09. The lowest BCUT2D eigenvalue weighted by Gasteiger charge is -2.21. The molecule has 0 bridgehead atoms. The highest BCUT2D eigenvalue weighted by Crippen LogP contribution is 2.22. The maximum absolute atomic E-state index is 12.0. The van der Waals surface area contributed by atoms with Gasteiger partial charge in [0.1, 0.15) is 0 Å². The summed E-state index contributed by atoms with van der Waals surface area (Å²) >= 11 is 7.09. The van der Waals surface area contributed by atoms with Gasteiger partial charge < -0.3 is 10.1 Å². The summed E-state index contributed by atoms with van der Waals surface area (Å²) in [6.07, 6.45) is 5.67. The second kappa shape index (κ2) is 6.60. The van der Waals surface area contributed by atoms with Crippen molar-refractivity contribution in [3.05, 3.63) is 33.7 Å². The van der Waals surface area contributed by atoms with Crippen molar-refractivity contribution in [3.63, 3.8) is 0 Å². The van der Waals surface area contributed by atoms with Gasteiger partial charge in [-0.15, -0.1) is 11.3 Å². The standard InChI is InChI=1S/C14H16ClN3O2S/c15-13-2-1-12(21-13)14(19)17-11-7-16-18(9-11)8-10-3-5-20-6-4-10/h1-2,7,9-10H,3-6,8H2,(H,17,19). The molecule has 112 valence electrons. The molecule has 3 rings (SSSR count). The molecule has 0 spiro atoms. The molecule has 0 unspecified atom stereocenters. The molecule has 3 heterocycles. The first kappa shape index (κ1) is 14.6. The number of nitrogens with zero attached hydrogens (tertiary/aromatic N) is 2. The summed E-state index contributed by atoms with van der Waals surface area (Å²) in [4.78, 5) is 12.6. The minimum atomic E-state index is -0.155. The van der Waals surface area contributed by atoms with E-state index >= 15 is 0 Å². The van der Waals surface area contributed by atoms with Gasteiger partial charge in [-0.05, 0) is 30.9 Å². The number of thiophene rings is 1. The van der Waals surface area contributed by atoms with Crippen LogP contribution < -0.4 is 5.32 Å². The fourth-order valence-corrected chi connectivity index (χ4v) is 3.29. The van der Waals surface area contributed by atoms with E-state index in [4.69, 9.17) is 16.3 Å². The molecule has 0 aliphatic carbocycles. The van der Waals surface area contributed by atoms with E-state index in [0.29, 0.717) is 20.8 Å². The number of carbonyl (C=O) groups excluding carboxylic acids is 1. The Hall–Kier alpha value is -1.37. The Balaban J connectivity index is 1.58. The zero-order valence-electron chi connectivity index (χ0n) is 11.4. The summed E-state index contributed by atoms with van der Waals surface area (Å²) in [6, 6.07) is 3.44. The molecule has 7 heteroatoms. The fraction of sp³-hybridized carbons (Fsp3) is 0.429. The van der Waals surface area contributed by atoms with E-state index in [1.807, 2.05) is 10.9 Å². The van der Waals surface area contributed by atoms with E-state index in [1.165, 1.54) is 11.3 Å². The zero-order valence-corrected chi connectivity index (χ0v) is 13.0. The minimum Gasteiger partial charge on any atom is -0.381 e. The van der Waals surface area contributed by atoms with Crippen molar-refractivity contribution in [1.29, 1.82) is 0 Å². The molecule has 0 aromatic carbocycles. The lowest BCUT2D eigenvalue weighted by atomic mass is 10.0. The molecule has 0 atom stereocenters. The second-order valence-corrected chi connectivity index (χ2v) is 6.78. The van der Waals surface area contributed by atoms with Gasteiger partial charge in [0.2, 0.25) is 0 Å². The third kappa shape index (κ3) is 3.84. The molecule has 1 N–H and O–H groups in total. The molecule has 5 nitrogen and oxygen atoms in total. The van der Waals surface area contributed by atoms with Crippen LogP contribution in [0.15, 0.2) is 24.5 Å². The van der Waals surface area contributed by atoms with Gasteiger partial charge in [0, 0.05) is 26.0 Å². The monoisotopic (exact) mass is 325 g/mol. The number of hydrogen-bond acceptors (Lipinski definition) is 4. The summed E-state index contributed by atoms with van der Waals surface area (Å²) in [5, 5.41) is 7.13. The number of rotatable bonds is 4. The van der Waals surface area contributed by atoms with Gasteiger partial charge in [0.25, 0.3) is 5.91 Å². The molecular formula is C14H16ClN3O2S. The van der Waals surface area contributed by atoms with Gasteiger partial charge in [0.15, 0.2) is 0 Å². The van der Waals surface area contributed by atoms with E-state index in [-0.39, 0.29) is 5.91 Å². The second-order valence-electron chi connectivity index (χ2n) is 5.06. The fourth-order valence-electron chi connectivity index (χ4n) is 2.35. The van der Waals surface area contributed by atoms with Crippen LogP contribution in [0.1, 0.15) is 22.5 Å². The summed E-state index contributed by atoms with van der Waals surface area (Å²) in [5.74, 6) is 0.441. The topological polar surface area (TPSA) is 56.2 Å². The Bertz CT molecular complexity index is 619. The van der Waals surface area contributed by atoms with Gasteiger partial charge in [-0.25, -0.2) is 0 Å². The highest BCUT2D eigenvalue weighted by Gasteiger charge is 2.15.